The largest absolute Gasteiger partial charge is 0.508 e. The van der Waals surface area contributed by atoms with Crippen molar-refractivity contribution >= 4 is 11.7 Å². The van der Waals surface area contributed by atoms with Crippen molar-refractivity contribution in [2.45, 2.75) is 26.9 Å². The number of aromatic hydroxyl groups is 1. The zero-order valence-electron chi connectivity index (χ0n) is 13.0. The number of carbonyl (C=O) groups excluding carboxylic acids is 1. The van der Waals surface area contributed by atoms with Gasteiger partial charge in [0.1, 0.15) is 12.4 Å². The van der Waals surface area contributed by atoms with Gasteiger partial charge >= 0.3 is 5.97 Å². The summed E-state index contributed by atoms with van der Waals surface area (Å²) in [5.41, 5.74) is 3.28. The second kappa shape index (κ2) is 6.08. The fourth-order valence-corrected chi connectivity index (χ4v) is 2.43. The standard InChI is InChI=1S/C17H17N3O3/c1-11-6-12(2)20-9-14(19-17(20)18-11)10-23-16(22)8-13-4-3-5-15(21)7-13/h3-7,9,21H,8,10H2,1-2H3. The van der Waals surface area contributed by atoms with Gasteiger partial charge in [0.25, 0.3) is 0 Å². The number of hydrogen-bond donors (Lipinski definition) is 1. The fourth-order valence-electron chi connectivity index (χ4n) is 2.43. The van der Waals surface area contributed by atoms with Crippen LogP contribution in [-0.2, 0) is 22.6 Å². The van der Waals surface area contributed by atoms with E-state index < -0.39 is 0 Å². The topological polar surface area (TPSA) is 76.7 Å². The van der Waals surface area contributed by atoms with E-state index in [-0.39, 0.29) is 24.7 Å². The van der Waals surface area contributed by atoms with Crippen molar-refractivity contribution in [1.29, 1.82) is 0 Å². The second-order valence-electron chi connectivity index (χ2n) is 5.45. The monoisotopic (exact) mass is 311 g/mol. The number of fused-ring (bicyclic) bond motifs is 1. The summed E-state index contributed by atoms with van der Waals surface area (Å²) in [4.78, 5) is 20.6. The van der Waals surface area contributed by atoms with E-state index in [0.29, 0.717) is 17.0 Å². The SMILES string of the molecule is Cc1cc(C)n2cc(COC(=O)Cc3cccc(O)c3)nc2n1. The van der Waals surface area contributed by atoms with Crippen LogP contribution in [0.4, 0.5) is 0 Å². The maximum Gasteiger partial charge on any atom is 0.310 e. The Labute approximate surface area is 133 Å². The van der Waals surface area contributed by atoms with E-state index in [1.54, 1.807) is 24.3 Å². The van der Waals surface area contributed by atoms with Crippen LogP contribution in [0.25, 0.3) is 5.78 Å². The average Bonchev–Trinajstić information content (AvgIpc) is 2.88. The number of imidazole rings is 1. The number of ether oxygens (including phenoxy) is 1. The van der Waals surface area contributed by atoms with Crippen molar-refractivity contribution in [3.05, 3.63) is 59.2 Å². The van der Waals surface area contributed by atoms with E-state index >= 15 is 0 Å². The molecule has 118 valence electrons. The zero-order chi connectivity index (χ0) is 16.4. The van der Waals surface area contributed by atoms with Crippen LogP contribution in [-0.4, -0.2) is 25.4 Å². The number of hydrogen-bond acceptors (Lipinski definition) is 5. The van der Waals surface area contributed by atoms with Gasteiger partial charge in [0.2, 0.25) is 5.78 Å². The smallest absolute Gasteiger partial charge is 0.310 e. The molecule has 3 aromatic rings. The number of esters is 1. The summed E-state index contributed by atoms with van der Waals surface area (Å²) in [6.45, 7) is 3.98. The van der Waals surface area contributed by atoms with Crippen LogP contribution in [0.2, 0.25) is 0 Å². The van der Waals surface area contributed by atoms with E-state index in [4.69, 9.17) is 4.74 Å². The Bertz CT molecular complexity index is 871. The van der Waals surface area contributed by atoms with Crippen molar-refractivity contribution in [3.8, 4) is 5.75 Å². The first-order chi connectivity index (χ1) is 11.0. The molecule has 1 N–H and O–H groups in total. The number of phenolic OH excluding ortho intramolecular Hbond substituents is 1. The van der Waals surface area contributed by atoms with Crippen molar-refractivity contribution in [2.24, 2.45) is 0 Å². The summed E-state index contributed by atoms with van der Waals surface area (Å²) >= 11 is 0. The first-order valence-electron chi connectivity index (χ1n) is 7.27. The molecule has 0 fully saturated rings. The van der Waals surface area contributed by atoms with E-state index in [2.05, 4.69) is 9.97 Å². The third-order valence-corrected chi connectivity index (χ3v) is 3.45. The van der Waals surface area contributed by atoms with Gasteiger partial charge in [0.15, 0.2) is 0 Å². The van der Waals surface area contributed by atoms with Gasteiger partial charge in [-0.15, -0.1) is 0 Å². The molecule has 0 unspecified atom stereocenters. The summed E-state index contributed by atoms with van der Waals surface area (Å²) in [6.07, 6.45) is 1.93. The van der Waals surface area contributed by atoms with Crippen LogP contribution in [0.3, 0.4) is 0 Å². The minimum atomic E-state index is -0.367. The van der Waals surface area contributed by atoms with Gasteiger partial charge in [-0.2, -0.15) is 0 Å². The molecule has 0 saturated heterocycles. The predicted octanol–water partition coefficient (Wildman–Crippen LogP) is 2.34. The van der Waals surface area contributed by atoms with Gasteiger partial charge in [-0.3, -0.25) is 9.20 Å². The van der Waals surface area contributed by atoms with Crippen LogP contribution in [0.5, 0.6) is 5.75 Å². The zero-order valence-corrected chi connectivity index (χ0v) is 13.0. The number of nitrogens with zero attached hydrogens (tertiary/aromatic N) is 3. The van der Waals surface area contributed by atoms with Gasteiger partial charge in [0.05, 0.1) is 12.1 Å². The Hall–Kier alpha value is -2.89. The number of rotatable bonds is 4. The van der Waals surface area contributed by atoms with E-state index in [1.807, 2.05) is 30.5 Å². The second-order valence-corrected chi connectivity index (χ2v) is 5.45. The third-order valence-electron chi connectivity index (χ3n) is 3.45. The number of benzene rings is 1. The molecule has 2 aromatic heterocycles. The number of aryl methyl sites for hydroxylation is 2. The number of carbonyl (C=O) groups is 1. The van der Waals surface area contributed by atoms with E-state index in [9.17, 15) is 9.90 Å². The summed E-state index contributed by atoms with van der Waals surface area (Å²) in [5.74, 6) is 0.364. The quantitative estimate of drug-likeness (QED) is 0.748. The normalized spacial score (nSPS) is 10.9. The highest BCUT2D eigenvalue weighted by Gasteiger charge is 2.10. The lowest BCUT2D eigenvalue weighted by Gasteiger charge is -2.03. The van der Waals surface area contributed by atoms with Crippen molar-refractivity contribution in [1.82, 2.24) is 14.4 Å². The molecule has 1 aromatic carbocycles. The maximum atomic E-state index is 11.9. The highest BCUT2D eigenvalue weighted by molar-refractivity contribution is 5.72. The van der Waals surface area contributed by atoms with Crippen LogP contribution >= 0.6 is 0 Å². The number of phenols is 1. The summed E-state index contributed by atoms with van der Waals surface area (Å²) in [5, 5.41) is 9.39. The molecule has 0 aliphatic heterocycles. The van der Waals surface area contributed by atoms with Gasteiger partial charge < -0.3 is 9.84 Å². The molecule has 0 saturated carbocycles. The minimum Gasteiger partial charge on any atom is -0.508 e. The first-order valence-corrected chi connectivity index (χ1v) is 7.27. The molecule has 2 heterocycles. The van der Waals surface area contributed by atoms with Gasteiger partial charge in [-0.25, -0.2) is 9.97 Å². The molecule has 6 heteroatoms. The lowest BCUT2D eigenvalue weighted by Crippen LogP contribution is -2.08. The lowest BCUT2D eigenvalue weighted by molar-refractivity contribution is -0.144. The molecule has 0 atom stereocenters. The third kappa shape index (κ3) is 3.48. The molecule has 0 aliphatic carbocycles. The van der Waals surface area contributed by atoms with Gasteiger partial charge in [0, 0.05) is 17.6 Å². The molecule has 3 rings (SSSR count). The highest BCUT2D eigenvalue weighted by Crippen LogP contribution is 2.13. The molecule has 0 aliphatic rings. The van der Waals surface area contributed by atoms with Crippen molar-refractivity contribution in [3.63, 3.8) is 0 Å². The van der Waals surface area contributed by atoms with Gasteiger partial charge in [-0.05, 0) is 37.6 Å². The molecule has 0 amide bonds. The minimum absolute atomic E-state index is 0.0967. The molecule has 0 radical (unpaired) electrons. The van der Waals surface area contributed by atoms with Gasteiger partial charge in [-0.1, -0.05) is 12.1 Å². The molecule has 0 bridgehead atoms. The molecule has 23 heavy (non-hydrogen) atoms. The van der Waals surface area contributed by atoms with Crippen LogP contribution in [0.15, 0.2) is 36.5 Å². The van der Waals surface area contributed by atoms with Crippen LogP contribution in [0, 0.1) is 13.8 Å². The maximum absolute atomic E-state index is 11.9. The first kappa shape index (κ1) is 15.0. The Morgan fingerprint density at radius 3 is 2.87 bits per heavy atom. The van der Waals surface area contributed by atoms with Crippen LogP contribution in [0.1, 0.15) is 22.6 Å². The molecular weight excluding hydrogens is 294 g/mol. The average molecular weight is 311 g/mol. The molecule has 6 nitrogen and oxygen atoms in total. The highest BCUT2D eigenvalue weighted by atomic mass is 16.5. The summed E-state index contributed by atoms with van der Waals surface area (Å²) in [7, 11) is 0. The fraction of sp³-hybridized carbons (Fsp3) is 0.235. The Morgan fingerprint density at radius 2 is 2.09 bits per heavy atom. The molecular formula is C17H17N3O3. The lowest BCUT2D eigenvalue weighted by atomic mass is 10.1. The van der Waals surface area contributed by atoms with Crippen LogP contribution < -0.4 is 0 Å². The Kier molecular flexibility index (Phi) is 3.97. The molecule has 0 spiro atoms. The van der Waals surface area contributed by atoms with E-state index in [1.165, 1.54) is 0 Å². The Balaban J connectivity index is 1.66. The van der Waals surface area contributed by atoms with Crippen molar-refractivity contribution < 1.29 is 14.6 Å². The Morgan fingerprint density at radius 1 is 1.26 bits per heavy atom. The van der Waals surface area contributed by atoms with E-state index in [0.717, 1.165) is 11.4 Å². The number of aromatic nitrogens is 3. The predicted molar refractivity (Wildman–Crippen MR) is 84.1 cm³/mol. The van der Waals surface area contributed by atoms with Crippen molar-refractivity contribution in [2.75, 3.05) is 0 Å². The summed E-state index contributed by atoms with van der Waals surface area (Å²) < 4.78 is 7.11. The summed E-state index contributed by atoms with van der Waals surface area (Å²) in [6, 6.07) is 8.52.